The molecule has 0 spiro atoms. The number of methoxy groups -OCH3 is 1. The first-order chi connectivity index (χ1) is 6.81. The van der Waals surface area contributed by atoms with Crippen LogP contribution in [0.3, 0.4) is 0 Å². The largest absolute Gasteiger partial charge is 0.497 e. The van der Waals surface area contributed by atoms with Crippen molar-refractivity contribution in [3.05, 3.63) is 42.0 Å². The zero-order chi connectivity index (χ0) is 9.97. The van der Waals surface area contributed by atoms with Crippen molar-refractivity contribution in [2.24, 2.45) is 0 Å². The second-order valence-electron chi connectivity index (χ2n) is 3.59. The van der Waals surface area contributed by atoms with Gasteiger partial charge in [0.15, 0.2) is 0 Å². The van der Waals surface area contributed by atoms with Crippen LogP contribution in [-0.2, 0) is 0 Å². The minimum atomic E-state index is 0.407. The van der Waals surface area contributed by atoms with Gasteiger partial charge in [-0.15, -0.1) is 0 Å². The molecule has 1 unspecified atom stereocenters. The zero-order valence-electron chi connectivity index (χ0n) is 8.60. The SMILES string of the molecule is COc1cccc(C2C=CCN2C)c1. The van der Waals surface area contributed by atoms with E-state index >= 15 is 0 Å². The first-order valence-corrected chi connectivity index (χ1v) is 4.82. The summed E-state index contributed by atoms with van der Waals surface area (Å²) in [6, 6.07) is 8.65. The van der Waals surface area contributed by atoms with Gasteiger partial charge in [0.05, 0.1) is 13.2 Å². The Morgan fingerprint density at radius 2 is 2.29 bits per heavy atom. The van der Waals surface area contributed by atoms with Gasteiger partial charge in [0.1, 0.15) is 5.75 Å². The Balaban J connectivity index is 2.27. The van der Waals surface area contributed by atoms with Gasteiger partial charge in [-0.05, 0) is 24.7 Å². The molecule has 0 aliphatic carbocycles. The summed E-state index contributed by atoms with van der Waals surface area (Å²) in [5.41, 5.74) is 1.29. The summed E-state index contributed by atoms with van der Waals surface area (Å²) in [6.45, 7) is 1.03. The molecule has 1 aromatic rings. The zero-order valence-corrected chi connectivity index (χ0v) is 8.60. The molecule has 0 N–H and O–H groups in total. The lowest BCUT2D eigenvalue weighted by Crippen LogP contribution is -2.18. The molecule has 1 aliphatic rings. The van der Waals surface area contributed by atoms with Gasteiger partial charge in [-0.25, -0.2) is 0 Å². The van der Waals surface area contributed by atoms with Gasteiger partial charge in [0.2, 0.25) is 0 Å². The molecule has 1 atom stereocenters. The van der Waals surface area contributed by atoms with Crippen molar-refractivity contribution in [2.75, 3.05) is 20.7 Å². The van der Waals surface area contributed by atoms with Crippen molar-refractivity contribution >= 4 is 0 Å². The van der Waals surface area contributed by atoms with Gasteiger partial charge < -0.3 is 4.74 Å². The Hall–Kier alpha value is -1.28. The second-order valence-corrected chi connectivity index (χ2v) is 3.59. The Morgan fingerprint density at radius 3 is 2.93 bits per heavy atom. The fourth-order valence-corrected chi connectivity index (χ4v) is 1.81. The maximum Gasteiger partial charge on any atom is 0.119 e. The van der Waals surface area contributed by atoms with Crippen molar-refractivity contribution in [1.82, 2.24) is 4.90 Å². The van der Waals surface area contributed by atoms with E-state index in [0.29, 0.717) is 6.04 Å². The highest BCUT2D eigenvalue weighted by Crippen LogP contribution is 2.27. The van der Waals surface area contributed by atoms with Crippen molar-refractivity contribution < 1.29 is 4.74 Å². The van der Waals surface area contributed by atoms with E-state index in [0.717, 1.165) is 12.3 Å². The molecule has 14 heavy (non-hydrogen) atoms. The smallest absolute Gasteiger partial charge is 0.119 e. The third-order valence-electron chi connectivity index (χ3n) is 2.62. The van der Waals surface area contributed by atoms with Crippen LogP contribution in [-0.4, -0.2) is 25.6 Å². The lowest BCUT2D eigenvalue weighted by molar-refractivity contribution is 0.338. The highest BCUT2D eigenvalue weighted by atomic mass is 16.5. The van der Waals surface area contributed by atoms with Crippen molar-refractivity contribution in [2.45, 2.75) is 6.04 Å². The number of benzene rings is 1. The van der Waals surface area contributed by atoms with E-state index < -0.39 is 0 Å². The lowest BCUT2D eigenvalue weighted by atomic mass is 10.1. The number of ether oxygens (including phenoxy) is 1. The minimum Gasteiger partial charge on any atom is -0.497 e. The summed E-state index contributed by atoms with van der Waals surface area (Å²) in [6.07, 6.45) is 4.43. The molecule has 0 saturated carbocycles. The highest BCUT2D eigenvalue weighted by molar-refractivity contribution is 5.33. The molecule has 0 saturated heterocycles. The Labute approximate surface area is 84.8 Å². The van der Waals surface area contributed by atoms with Crippen LogP contribution >= 0.6 is 0 Å². The van der Waals surface area contributed by atoms with Gasteiger partial charge in [-0.3, -0.25) is 4.90 Å². The van der Waals surface area contributed by atoms with Crippen LogP contribution in [0.15, 0.2) is 36.4 Å². The molecule has 0 bridgehead atoms. The van der Waals surface area contributed by atoms with E-state index in [-0.39, 0.29) is 0 Å². The molecule has 1 heterocycles. The van der Waals surface area contributed by atoms with E-state index in [4.69, 9.17) is 4.74 Å². The number of hydrogen-bond acceptors (Lipinski definition) is 2. The van der Waals surface area contributed by atoms with E-state index in [2.05, 4.69) is 36.2 Å². The first kappa shape index (κ1) is 9.28. The fourth-order valence-electron chi connectivity index (χ4n) is 1.81. The molecule has 1 aliphatic heterocycles. The summed E-state index contributed by atoms with van der Waals surface area (Å²) in [5, 5.41) is 0. The highest BCUT2D eigenvalue weighted by Gasteiger charge is 2.17. The molecule has 0 radical (unpaired) electrons. The molecular formula is C12H15NO. The van der Waals surface area contributed by atoms with Crippen LogP contribution in [0.4, 0.5) is 0 Å². The van der Waals surface area contributed by atoms with Gasteiger partial charge in [0, 0.05) is 6.54 Å². The summed E-state index contributed by atoms with van der Waals surface area (Å²) in [4.78, 5) is 2.30. The third kappa shape index (κ3) is 1.66. The average Bonchev–Trinajstić information content (AvgIpc) is 2.65. The Bertz CT molecular complexity index is 346. The van der Waals surface area contributed by atoms with Gasteiger partial charge in [-0.1, -0.05) is 24.3 Å². The van der Waals surface area contributed by atoms with Crippen LogP contribution in [0.25, 0.3) is 0 Å². The third-order valence-corrected chi connectivity index (χ3v) is 2.62. The van der Waals surface area contributed by atoms with Crippen LogP contribution in [0.5, 0.6) is 5.75 Å². The summed E-state index contributed by atoms with van der Waals surface area (Å²) in [5.74, 6) is 0.927. The predicted octanol–water partition coefficient (Wildman–Crippen LogP) is 2.24. The average molecular weight is 189 g/mol. The number of likely N-dealkylation sites (N-methyl/N-ethyl adjacent to an activating group) is 1. The van der Waals surface area contributed by atoms with Gasteiger partial charge >= 0.3 is 0 Å². The predicted molar refractivity (Wildman–Crippen MR) is 57.5 cm³/mol. The van der Waals surface area contributed by atoms with Crippen molar-refractivity contribution in [1.29, 1.82) is 0 Å². The van der Waals surface area contributed by atoms with Crippen LogP contribution in [0, 0.1) is 0 Å². The molecule has 1 aromatic carbocycles. The maximum absolute atomic E-state index is 5.21. The molecule has 0 amide bonds. The molecule has 0 aromatic heterocycles. The lowest BCUT2D eigenvalue weighted by Gasteiger charge is -2.19. The summed E-state index contributed by atoms with van der Waals surface area (Å²) in [7, 11) is 3.83. The fraction of sp³-hybridized carbons (Fsp3) is 0.333. The van der Waals surface area contributed by atoms with Crippen LogP contribution < -0.4 is 4.74 Å². The van der Waals surface area contributed by atoms with Crippen LogP contribution in [0.1, 0.15) is 11.6 Å². The number of hydrogen-bond donors (Lipinski definition) is 0. The van der Waals surface area contributed by atoms with Gasteiger partial charge in [-0.2, -0.15) is 0 Å². The van der Waals surface area contributed by atoms with E-state index in [1.165, 1.54) is 5.56 Å². The monoisotopic (exact) mass is 189 g/mol. The Morgan fingerprint density at radius 1 is 1.43 bits per heavy atom. The molecular weight excluding hydrogens is 174 g/mol. The first-order valence-electron chi connectivity index (χ1n) is 4.82. The van der Waals surface area contributed by atoms with Crippen molar-refractivity contribution in [3.63, 3.8) is 0 Å². The molecule has 74 valence electrons. The maximum atomic E-state index is 5.21. The van der Waals surface area contributed by atoms with E-state index in [1.807, 2.05) is 12.1 Å². The molecule has 2 nitrogen and oxygen atoms in total. The second kappa shape index (κ2) is 3.84. The summed E-state index contributed by atoms with van der Waals surface area (Å²) < 4.78 is 5.21. The Kier molecular flexibility index (Phi) is 2.55. The number of rotatable bonds is 2. The number of nitrogens with zero attached hydrogens (tertiary/aromatic N) is 1. The van der Waals surface area contributed by atoms with E-state index in [9.17, 15) is 0 Å². The van der Waals surface area contributed by atoms with Crippen LogP contribution in [0.2, 0.25) is 0 Å². The van der Waals surface area contributed by atoms with E-state index in [1.54, 1.807) is 7.11 Å². The van der Waals surface area contributed by atoms with Crippen molar-refractivity contribution in [3.8, 4) is 5.75 Å². The topological polar surface area (TPSA) is 12.5 Å². The minimum absolute atomic E-state index is 0.407. The quantitative estimate of drug-likeness (QED) is 0.661. The molecule has 2 rings (SSSR count). The molecule has 0 fully saturated rings. The normalized spacial score (nSPS) is 21.4. The van der Waals surface area contributed by atoms with Gasteiger partial charge in [0.25, 0.3) is 0 Å². The molecule has 2 heteroatoms. The standard InChI is InChI=1S/C12H15NO/c1-13-8-4-7-12(13)10-5-3-6-11(9-10)14-2/h3-7,9,12H,8H2,1-2H3. The summed E-state index contributed by atoms with van der Waals surface area (Å²) >= 11 is 0.